The topological polar surface area (TPSA) is 83.4 Å². The Bertz CT molecular complexity index is 1300. The van der Waals surface area contributed by atoms with E-state index in [1.165, 1.54) is 12.1 Å². The van der Waals surface area contributed by atoms with Gasteiger partial charge in [0, 0.05) is 22.3 Å². The van der Waals surface area contributed by atoms with Crippen LogP contribution in [0.3, 0.4) is 0 Å². The van der Waals surface area contributed by atoms with Crippen LogP contribution in [0.25, 0.3) is 11.0 Å². The summed E-state index contributed by atoms with van der Waals surface area (Å²) in [5.41, 5.74) is 2.18. The quantitative estimate of drug-likeness (QED) is 0.304. The van der Waals surface area contributed by atoms with Gasteiger partial charge in [-0.1, -0.05) is 41.4 Å². The van der Waals surface area contributed by atoms with Gasteiger partial charge in [-0.15, -0.1) is 0 Å². The lowest BCUT2D eigenvalue weighted by molar-refractivity contribution is 0.0975. The molecule has 3 N–H and O–H groups in total. The van der Waals surface area contributed by atoms with Gasteiger partial charge in [-0.3, -0.25) is 14.9 Å². The number of benzene rings is 3. The number of hydrogen-bond acceptors (Lipinski definition) is 4. The Labute approximate surface area is 198 Å². The van der Waals surface area contributed by atoms with Gasteiger partial charge in [0.05, 0.1) is 10.0 Å². The molecule has 4 rings (SSSR count). The fourth-order valence-corrected chi connectivity index (χ4v) is 3.41. The summed E-state index contributed by atoms with van der Waals surface area (Å²) in [6.45, 7) is 0. The lowest BCUT2D eigenvalue weighted by Gasteiger charge is -2.11. The molecule has 9 heteroatoms. The molecular formula is C23H15Cl2N3O3S. The van der Waals surface area contributed by atoms with Crippen LogP contribution in [0.15, 0.2) is 77.2 Å². The van der Waals surface area contributed by atoms with E-state index >= 15 is 0 Å². The predicted molar refractivity (Wildman–Crippen MR) is 131 cm³/mol. The Kier molecular flexibility index (Phi) is 6.41. The van der Waals surface area contributed by atoms with Crippen LogP contribution in [-0.4, -0.2) is 16.9 Å². The van der Waals surface area contributed by atoms with Crippen molar-refractivity contribution < 1.29 is 14.0 Å². The average Bonchev–Trinajstić information content (AvgIpc) is 3.21. The van der Waals surface area contributed by atoms with E-state index in [0.717, 1.165) is 5.39 Å². The minimum atomic E-state index is -0.421. The van der Waals surface area contributed by atoms with Gasteiger partial charge in [0.25, 0.3) is 11.8 Å². The molecule has 0 radical (unpaired) electrons. The normalized spacial score (nSPS) is 10.6. The highest BCUT2D eigenvalue weighted by Crippen LogP contribution is 2.23. The standard InChI is InChI=1S/C23H15Cl2N3O3S/c24-17-10-5-14(11-18(17)25)21(29)28-23(32)27-16-8-6-15(7-9-16)26-22(30)20-12-13-3-1-2-4-19(13)31-20/h1-12H,(H,26,30)(H2,27,28,29,32). The molecule has 0 fully saturated rings. The molecule has 6 nitrogen and oxygen atoms in total. The molecule has 0 saturated heterocycles. The van der Waals surface area contributed by atoms with Crippen molar-refractivity contribution in [1.82, 2.24) is 5.32 Å². The molecule has 0 spiro atoms. The molecule has 0 aliphatic carbocycles. The van der Waals surface area contributed by atoms with E-state index in [1.54, 1.807) is 42.5 Å². The maximum Gasteiger partial charge on any atom is 0.291 e. The first-order valence-corrected chi connectivity index (χ1v) is 10.5. The Balaban J connectivity index is 1.34. The van der Waals surface area contributed by atoms with Gasteiger partial charge in [-0.05, 0) is 66.8 Å². The number of hydrogen-bond donors (Lipinski definition) is 3. The number of amides is 2. The van der Waals surface area contributed by atoms with Crippen molar-refractivity contribution in [3.63, 3.8) is 0 Å². The first-order valence-electron chi connectivity index (χ1n) is 9.36. The van der Waals surface area contributed by atoms with Crippen LogP contribution in [0.1, 0.15) is 20.9 Å². The number of furan rings is 1. The van der Waals surface area contributed by atoms with Gasteiger partial charge in [0.15, 0.2) is 10.9 Å². The first-order chi connectivity index (χ1) is 15.4. The van der Waals surface area contributed by atoms with Crippen molar-refractivity contribution in [2.45, 2.75) is 0 Å². The summed E-state index contributed by atoms with van der Waals surface area (Å²) >= 11 is 17.0. The minimum Gasteiger partial charge on any atom is -0.451 e. The molecule has 3 aromatic carbocycles. The summed E-state index contributed by atoms with van der Waals surface area (Å²) in [4.78, 5) is 24.7. The molecule has 0 saturated carbocycles. The minimum absolute atomic E-state index is 0.111. The van der Waals surface area contributed by atoms with E-state index < -0.39 is 5.91 Å². The van der Waals surface area contributed by atoms with Crippen molar-refractivity contribution in [3.8, 4) is 0 Å². The SMILES string of the molecule is O=C(NC(=S)Nc1ccc(NC(=O)c2cc3ccccc3o2)cc1)c1ccc(Cl)c(Cl)c1. The van der Waals surface area contributed by atoms with E-state index in [0.29, 0.717) is 27.5 Å². The summed E-state index contributed by atoms with van der Waals surface area (Å²) < 4.78 is 5.57. The lowest BCUT2D eigenvalue weighted by atomic mass is 10.2. The van der Waals surface area contributed by atoms with E-state index in [9.17, 15) is 9.59 Å². The number of fused-ring (bicyclic) bond motifs is 1. The van der Waals surface area contributed by atoms with Gasteiger partial charge in [0.1, 0.15) is 5.58 Å². The van der Waals surface area contributed by atoms with Crippen LogP contribution >= 0.6 is 35.4 Å². The third-order valence-electron chi connectivity index (χ3n) is 4.46. The third kappa shape index (κ3) is 5.08. The zero-order valence-electron chi connectivity index (χ0n) is 16.3. The molecule has 32 heavy (non-hydrogen) atoms. The fraction of sp³-hybridized carbons (Fsp3) is 0. The van der Waals surface area contributed by atoms with Gasteiger partial charge >= 0.3 is 0 Å². The molecule has 0 atom stereocenters. The van der Waals surface area contributed by atoms with Crippen molar-refractivity contribution in [1.29, 1.82) is 0 Å². The van der Waals surface area contributed by atoms with Crippen LogP contribution in [0, 0.1) is 0 Å². The second-order valence-electron chi connectivity index (χ2n) is 6.72. The number of rotatable bonds is 4. The highest BCUT2D eigenvalue weighted by molar-refractivity contribution is 7.80. The number of para-hydroxylation sites is 1. The molecule has 2 amide bonds. The largest absolute Gasteiger partial charge is 0.451 e. The van der Waals surface area contributed by atoms with Gasteiger partial charge < -0.3 is 15.1 Å². The van der Waals surface area contributed by atoms with E-state index in [1.807, 2.05) is 18.2 Å². The van der Waals surface area contributed by atoms with Crippen LogP contribution in [0.5, 0.6) is 0 Å². The molecule has 160 valence electrons. The lowest BCUT2D eigenvalue weighted by Crippen LogP contribution is -2.34. The van der Waals surface area contributed by atoms with E-state index in [-0.39, 0.29) is 21.8 Å². The summed E-state index contributed by atoms with van der Waals surface area (Å²) in [5.74, 6) is -0.554. The molecule has 0 aliphatic rings. The van der Waals surface area contributed by atoms with Gasteiger partial charge in [-0.25, -0.2) is 0 Å². The monoisotopic (exact) mass is 483 g/mol. The van der Waals surface area contributed by atoms with Crippen LogP contribution < -0.4 is 16.0 Å². The first kappa shape index (κ1) is 21.8. The van der Waals surface area contributed by atoms with E-state index in [4.69, 9.17) is 39.8 Å². The zero-order chi connectivity index (χ0) is 22.7. The zero-order valence-corrected chi connectivity index (χ0v) is 18.6. The highest BCUT2D eigenvalue weighted by Gasteiger charge is 2.13. The second kappa shape index (κ2) is 9.40. The number of thiocarbonyl (C=S) groups is 1. The van der Waals surface area contributed by atoms with Crippen LogP contribution in [0.2, 0.25) is 10.0 Å². The Hall–Kier alpha value is -3.39. The number of halogens is 2. The fourth-order valence-electron chi connectivity index (χ4n) is 2.90. The molecule has 0 unspecified atom stereocenters. The number of anilines is 2. The Morgan fingerprint density at radius 3 is 2.16 bits per heavy atom. The summed E-state index contributed by atoms with van der Waals surface area (Å²) in [6, 6.07) is 20.5. The van der Waals surface area contributed by atoms with Gasteiger partial charge in [-0.2, -0.15) is 0 Å². The summed E-state index contributed by atoms with van der Waals surface area (Å²) in [6.07, 6.45) is 0. The predicted octanol–water partition coefficient (Wildman–Crippen LogP) is 6.12. The van der Waals surface area contributed by atoms with Crippen molar-refractivity contribution in [2.24, 2.45) is 0 Å². The maximum atomic E-state index is 12.4. The third-order valence-corrected chi connectivity index (χ3v) is 5.40. The summed E-state index contributed by atoms with van der Waals surface area (Å²) in [5, 5.41) is 9.86. The number of carbonyl (C=O) groups excluding carboxylic acids is 2. The van der Waals surface area contributed by atoms with E-state index in [2.05, 4.69) is 16.0 Å². The Morgan fingerprint density at radius 2 is 1.47 bits per heavy atom. The highest BCUT2D eigenvalue weighted by atomic mass is 35.5. The second-order valence-corrected chi connectivity index (χ2v) is 7.94. The molecule has 0 bridgehead atoms. The smallest absolute Gasteiger partial charge is 0.291 e. The molecular weight excluding hydrogens is 469 g/mol. The number of nitrogens with one attached hydrogen (secondary N) is 3. The maximum absolute atomic E-state index is 12.4. The average molecular weight is 484 g/mol. The summed E-state index contributed by atoms with van der Waals surface area (Å²) in [7, 11) is 0. The Morgan fingerprint density at radius 1 is 0.781 bits per heavy atom. The molecule has 4 aromatic rings. The van der Waals surface area contributed by atoms with Crippen LogP contribution in [-0.2, 0) is 0 Å². The number of carbonyl (C=O) groups is 2. The molecule has 0 aliphatic heterocycles. The van der Waals surface area contributed by atoms with Crippen molar-refractivity contribution in [2.75, 3.05) is 10.6 Å². The van der Waals surface area contributed by atoms with Crippen molar-refractivity contribution >= 4 is 74.7 Å². The van der Waals surface area contributed by atoms with Crippen molar-refractivity contribution in [3.05, 3.63) is 94.2 Å². The molecule has 1 aromatic heterocycles. The van der Waals surface area contributed by atoms with Gasteiger partial charge in [0.2, 0.25) is 0 Å². The molecule has 1 heterocycles. The van der Waals surface area contributed by atoms with Crippen LogP contribution in [0.4, 0.5) is 11.4 Å².